The van der Waals surface area contributed by atoms with Crippen LogP contribution in [0.3, 0.4) is 0 Å². The Balaban J connectivity index is 2.23. The van der Waals surface area contributed by atoms with Gasteiger partial charge in [-0.3, -0.25) is 4.79 Å². The summed E-state index contributed by atoms with van der Waals surface area (Å²) in [6.45, 7) is 2.41. The molecule has 0 spiro atoms. The lowest BCUT2D eigenvalue weighted by Gasteiger charge is -2.21. The fourth-order valence-corrected chi connectivity index (χ4v) is 2.29. The van der Waals surface area contributed by atoms with Gasteiger partial charge in [0.15, 0.2) is 0 Å². The predicted molar refractivity (Wildman–Crippen MR) is 79.6 cm³/mol. The van der Waals surface area contributed by atoms with E-state index in [4.69, 9.17) is 11.6 Å². The average molecular weight is 292 g/mol. The summed E-state index contributed by atoms with van der Waals surface area (Å²) in [6, 6.07) is 13.7. The summed E-state index contributed by atoms with van der Waals surface area (Å²) in [5, 5.41) is 0.280. The minimum Gasteiger partial charge on any atom is -0.312 e. The highest BCUT2D eigenvalue weighted by atomic mass is 35.5. The standard InChI is InChI=1S/C16H15ClFNO/c1-2-19(12-7-4-3-5-8-12)16(20)11-13-14(17)9-6-10-15(13)18/h3-10H,2,11H2,1H3. The second-order valence-corrected chi connectivity index (χ2v) is 4.76. The molecule has 0 aromatic heterocycles. The summed E-state index contributed by atoms with van der Waals surface area (Å²) in [5.74, 6) is -0.624. The van der Waals surface area contributed by atoms with Crippen molar-refractivity contribution in [3.8, 4) is 0 Å². The molecule has 4 heteroatoms. The molecule has 0 atom stereocenters. The molecule has 20 heavy (non-hydrogen) atoms. The summed E-state index contributed by atoms with van der Waals surface area (Å²) < 4.78 is 13.7. The fourth-order valence-electron chi connectivity index (χ4n) is 2.06. The maximum Gasteiger partial charge on any atom is 0.231 e. The Morgan fingerprint density at radius 1 is 1.15 bits per heavy atom. The maximum atomic E-state index is 13.7. The molecule has 0 aliphatic rings. The minimum atomic E-state index is -0.449. The number of nitrogens with zero attached hydrogens (tertiary/aromatic N) is 1. The van der Waals surface area contributed by atoms with Gasteiger partial charge in [0, 0.05) is 22.8 Å². The van der Waals surface area contributed by atoms with E-state index in [9.17, 15) is 9.18 Å². The van der Waals surface area contributed by atoms with Crippen LogP contribution in [0.2, 0.25) is 5.02 Å². The summed E-state index contributed by atoms with van der Waals surface area (Å²) in [4.78, 5) is 14.0. The molecular weight excluding hydrogens is 277 g/mol. The van der Waals surface area contributed by atoms with E-state index in [0.717, 1.165) is 5.69 Å². The van der Waals surface area contributed by atoms with Gasteiger partial charge in [-0.15, -0.1) is 0 Å². The third-order valence-electron chi connectivity index (χ3n) is 3.07. The Kier molecular flexibility index (Phi) is 4.74. The molecule has 0 heterocycles. The third kappa shape index (κ3) is 3.17. The zero-order chi connectivity index (χ0) is 14.5. The molecule has 0 saturated heterocycles. The zero-order valence-corrected chi connectivity index (χ0v) is 11.9. The first kappa shape index (κ1) is 14.5. The average Bonchev–Trinajstić information content (AvgIpc) is 2.45. The van der Waals surface area contributed by atoms with Crippen LogP contribution in [-0.4, -0.2) is 12.5 Å². The van der Waals surface area contributed by atoms with Gasteiger partial charge in [-0.2, -0.15) is 0 Å². The number of hydrogen-bond donors (Lipinski definition) is 0. The van der Waals surface area contributed by atoms with Gasteiger partial charge in [0.05, 0.1) is 6.42 Å². The SMILES string of the molecule is CCN(C(=O)Cc1c(F)cccc1Cl)c1ccccc1. The van der Waals surface area contributed by atoms with Crippen molar-refractivity contribution in [2.45, 2.75) is 13.3 Å². The van der Waals surface area contributed by atoms with Crippen LogP contribution < -0.4 is 4.90 Å². The number of anilines is 1. The maximum absolute atomic E-state index is 13.7. The van der Waals surface area contributed by atoms with Crippen LogP contribution in [0.15, 0.2) is 48.5 Å². The predicted octanol–water partition coefficient (Wildman–Crippen LogP) is 4.07. The summed E-state index contributed by atoms with van der Waals surface area (Å²) in [5.41, 5.74) is 1.04. The van der Waals surface area contributed by atoms with Crippen molar-refractivity contribution >= 4 is 23.2 Å². The molecule has 2 rings (SSSR count). The molecule has 1 amide bonds. The number of halogens is 2. The molecule has 104 valence electrons. The number of amides is 1. The molecule has 0 saturated carbocycles. The molecule has 0 N–H and O–H groups in total. The van der Waals surface area contributed by atoms with Crippen molar-refractivity contribution < 1.29 is 9.18 Å². The molecular formula is C16H15ClFNO. The van der Waals surface area contributed by atoms with Crippen molar-refractivity contribution in [3.63, 3.8) is 0 Å². The van der Waals surface area contributed by atoms with E-state index in [-0.39, 0.29) is 22.9 Å². The first-order valence-corrected chi connectivity index (χ1v) is 6.79. The second-order valence-electron chi connectivity index (χ2n) is 4.35. The number of rotatable bonds is 4. The number of benzene rings is 2. The second kappa shape index (κ2) is 6.53. The highest BCUT2D eigenvalue weighted by Gasteiger charge is 2.17. The van der Waals surface area contributed by atoms with Crippen molar-refractivity contribution in [1.29, 1.82) is 0 Å². The molecule has 2 aromatic rings. The molecule has 2 aromatic carbocycles. The van der Waals surface area contributed by atoms with Crippen LogP contribution in [0.25, 0.3) is 0 Å². The third-order valence-corrected chi connectivity index (χ3v) is 3.43. The highest BCUT2D eigenvalue weighted by molar-refractivity contribution is 6.31. The quantitative estimate of drug-likeness (QED) is 0.831. The van der Waals surface area contributed by atoms with Gasteiger partial charge < -0.3 is 4.90 Å². The molecule has 0 bridgehead atoms. The first-order chi connectivity index (χ1) is 9.63. The minimum absolute atomic E-state index is 0.0474. The Labute approximate surface area is 122 Å². The van der Waals surface area contributed by atoms with E-state index in [1.54, 1.807) is 11.0 Å². The van der Waals surface area contributed by atoms with Gasteiger partial charge >= 0.3 is 0 Å². The highest BCUT2D eigenvalue weighted by Crippen LogP contribution is 2.21. The van der Waals surface area contributed by atoms with Gasteiger partial charge in [-0.1, -0.05) is 35.9 Å². The number of carbonyl (C=O) groups excluding carboxylic acids is 1. The Bertz CT molecular complexity index is 580. The van der Waals surface area contributed by atoms with Gasteiger partial charge in [0.2, 0.25) is 5.91 Å². The van der Waals surface area contributed by atoms with E-state index in [1.165, 1.54) is 12.1 Å². The lowest BCUT2D eigenvalue weighted by Crippen LogP contribution is -2.32. The summed E-state index contributed by atoms with van der Waals surface area (Å²) >= 11 is 5.96. The Morgan fingerprint density at radius 3 is 2.45 bits per heavy atom. The lowest BCUT2D eigenvalue weighted by atomic mass is 10.1. The van der Waals surface area contributed by atoms with Crippen molar-refractivity contribution in [1.82, 2.24) is 0 Å². The molecule has 0 aliphatic heterocycles. The van der Waals surface area contributed by atoms with Crippen molar-refractivity contribution in [3.05, 3.63) is 64.9 Å². The summed E-state index contributed by atoms with van der Waals surface area (Å²) in [6.07, 6.45) is -0.0474. The molecule has 0 fully saturated rings. The topological polar surface area (TPSA) is 20.3 Å². The smallest absolute Gasteiger partial charge is 0.231 e. The van der Waals surface area contributed by atoms with Gasteiger partial charge in [-0.25, -0.2) is 4.39 Å². The number of carbonyl (C=O) groups is 1. The molecule has 0 unspecified atom stereocenters. The van der Waals surface area contributed by atoms with Crippen molar-refractivity contribution in [2.24, 2.45) is 0 Å². The van der Waals surface area contributed by atoms with Crippen LogP contribution in [-0.2, 0) is 11.2 Å². The van der Waals surface area contributed by atoms with E-state index in [0.29, 0.717) is 6.54 Å². The van der Waals surface area contributed by atoms with E-state index in [1.807, 2.05) is 37.3 Å². The Morgan fingerprint density at radius 2 is 1.85 bits per heavy atom. The number of para-hydroxylation sites is 1. The van der Waals surface area contributed by atoms with Crippen LogP contribution in [0, 0.1) is 5.82 Å². The molecule has 2 nitrogen and oxygen atoms in total. The number of likely N-dealkylation sites (N-methyl/N-ethyl adjacent to an activating group) is 1. The van der Waals surface area contributed by atoms with E-state index in [2.05, 4.69) is 0 Å². The van der Waals surface area contributed by atoms with Crippen molar-refractivity contribution in [2.75, 3.05) is 11.4 Å². The van der Waals surface area contributed by atoms with Gasteiger partial charge in [0.25, 0.3) is 0 Å². The van der Waals surface area contributed by atoms with Crippen LogP contribution in [0.1, 0.15) is 12.5 Å². The van der Waals surface area contributed by atoms with E-state index >= 15 is 0 Å². The summed E-state index contributed by atoms with van der Waals surface area (Å²) in [7, 11) is 0. The van der Waals surface area contributed by atoms with Gasteiger partial charge in [-0.05, 0) is 31.2 Å². The first-order valence-electron chi connectivity index (χ1n) is 6.41. The van der Waals surface area contributed by atoms with E-state index < -0.39 is 5.82 Å². The Hall–Kier alpha value is -1.87. The molecule has 0 aliphatic carbocycles. The monoisotopic (exact) mass is 291 g/mol. The normalized spacial score (nSPS) is 10.3. The molecule has 0 radical (unpaired) electrons. The fraction of sp³-hybridized carbons (Fsp3) is 0.188. The lowest BCUT2D eigenvalue weighted by molar-refractivity contribution is -0.118. The van der Waals surface area contributed by atoms with Crippen LogP contribution in [0.4, 0.5) is 10.1 Å². The number of hydrogen-bond acceptors (Lipinski definition) is 1. The van der Waals surface area contributed by atoms with Gasteiger partial charge in [0.1, 0.15) is 5.82 Å². The largest absolute Gasteiger partial charge is 0.312 e. The zero-order valence-electron chi connectivity index (χ0n) is 11.1. The van der Waals surface area contributed by atoms with Crippen LogP contribution in [0.5, 0.6) is 0 Å². The van der Waals surface area contributed by atoms with Crippen LogP contribution >= 0.6 is 11.6 Å².